The summed E-state index contributed by atoms with van der Waals surface area (Å²) in [7, 11) is 0. The lowest BCUT2D eigenvalue weighted by Crippen LogP contribution is -1.99. The molecule has 0 aliphatic heterocycles. The molecule has 2 N–H and O–H groups in total. The van der Waals surface area contributed by atoms with Crippen LogP contribution in [0.25, 0.3) is 11.3 Å². The van der Waals surface area contributed by atoms with Crippen LogP contribution < -0.4 is 0 Å². The van der Waals surface area contributed by atoms with Gasteiger partial charge >= 0.3 is 0 Å². The molecule has 0 saturated carbocycles. The highest BCUT2D eigenvalue weighted by Gasteiger charge is 2.15. The zero-order valence-corrected chi connectivity index (χ0v) is 9.35. The molecule has 2 aromatic heterocycles. The molecular formula is C12H6F2N4O. The van der Waals surface area contributed by atoms with Gasteiger partial charge in [0.05, 0.1) is 5.56 Å². The van der Waals surface area contributed by atoms with Crippen LogP contribution in [-0.4, -0.2) is 20.8 Å². The van der Waals surface area contributed by atoms with Gasteiger partial charge in [-0.1, -0.05) is 0 Å². The van der Waals surface area contributed by atoms with Crippen LogP contribution in [0.2, 0.25) is 0 Å². The number of rotatable bonds is 2. The summed E-state index contributed by atoms with van der Waals surface area (Å²) in [4.78, 5) is 6.72. The van der Waals surface area contributed by atoms with Crippen LogP contribution in [-0.2, 0) is 0 Å². The molecule has 0 spiro atoms. The zero-order valence-electron chi connectivity index (χ0n) is 9.35. The summed E-state index contributed by atoms with van der Waals surface area (Å²) >= 11 is 0. The molecule has 94 valence electrons. The van der Waals surface area contributed by atoms with Crippen LogP contribution in [0.5, 0.6) is 5.75 Å². The van der Waals surface area contributed by atoms with Gasteiger partial charge in [0.15, 0.2) is 5.75 Å². The van der Waals surface area contributed by atoms with Gasteiger partial charge in [0, 0.05) is 23.9 Å². The van der Waals surface area contributed by atoms with Crippen LogP contribution in [0.3, 0.4) is 0 Å². The molecule has 0 fully saturated rings. The maximum absolute atomic E-state index is 13.0. The topological polar surface area (TPSA) is 93.7 Å². The maximum Gasteiger partial charge on any atom is 0.216 e. The lowest BCUT2D eigenvalue weighted by Gasteiger charge is -2.07. The Balaban J connectivity index is 2.64. The molecule has 7 heteroatoms. The van der Waals surface area contributed by atoms with E-state index in [-0.39, 0.29) is 16.8 Å². The van der Waals surface area contributed by atoms with Crippen LogP contribution in [0.15, 0.2) is 24.4 Å². The molecule has 0 saturated heterocycles. The summed E-state index contributed by atoms with van der Waals surface area (Å²) in [6.07, 6.45) is 1.23. The van der Waals surface area contributed by atoms with Crippen molar-refractivity contribution in [3.8, 4) is 23.1 Å². The zero-order chi connectivity index (χ0) is 14.0. The number of nitrogens with one attached hydrogen (secondary N) is 1. The van der Waals surface area contributed by atoms with E-state index >= 15 is 0 Å². The smallest absolute Gasteiger partial charge is 0.216 e. The second-order valence-electron chi connectivity index (χ2n) is 3.54. The van der Waals surface area contributed by atoms with E-state index in [0.29, 0.717) is 0 Å². The Kier molecular flexibility index (Phi) is 3.16. The third kappa shape index (κ3) is 2.37. The lowest BCUT2D eigenvalue weighted by atomic mass is 10.1. The second-order valence-corrected chi connectivity index (χ2v) is 3.54. The molecule has 0 amide bonds. The monoisotopic (exact) mass is 260 g/mol. The normalized spacial score (nSPS) is 9.95. The fourth-order valence-electron chi connectivity index (χ4n) is 1.53. The molecule has 0 aliphatic rings. The van der Waals surface area contributed by atoms with E-state index in [2.05, 4.69) is 9.97 Å². The molecule has 0 aliphatic carbocycles. The Morgan fingerprint density at radius 3 is 2.53 bits per heavy atom. The average molecular weight is 260 g/mol. The fraction of sp³-hybridized carbons (Fsp3) is 0. The molecular weight excluding hydrogens is 254 g/mol. The van der Waals surface area contributed by atoms with Crippen molar-refractivity contribution in [2.45, 2.75) is 0 Å². The molecule has 5 nitrogen and oxygen atoms in total. The Bertz CT molecular complexity index is 689. The third-order valence-electron chi connectivity index (χ3n) is 2.34. The minimum atomic E-state index is -1.06. The van der Waals surface area contributed by atoms with E-state index < -0.39 is 23.4 Å². The first-order valence-electron chi connectivity index (χ1n) is 5.03. The number of aromatic hydroxyl groups is 1. The van der Waals surface area contributed by atoms with E-state index in [1.807, 2.05) is 0 Å². The molecule has 2 aromatic rings. The van der Waals surface area contributed by atoms with Crippen molar-refractivity contribution in [2.75, 3.05) is 0 Å². The van der Waals surface area contributed by atoms with E-state index in [4.69, 9.17) is 10.7 Å². The van der Waals surface area contributed by atoms with Crippen molar-refractivity contribution in [3.05, 3.63) is 41.9 Å². The van der Waals surface area contributed by atoms with Gasteiger partial charge in [0.25, 0.3) is 0 Å². The number of halogens is 2. The first-order chi connectivity index (χ1) is 9.02. The molecule has 0 bridgehead atoms. The number of hydrogen-bond donors (Lipinski definition) is 2. The summed E-state index contributed by atoms with van der Waals surface area (Å²) < 4.78 is 26.0. The number of hydrogen-bond acceptors (Lipinski definition) is 5. The maximum atomic E-state index is 13.0. The summed E-state index contributed by atoms with van der Waals surface area (Å²) in [5.74, 6) is -2.60. The van der Waals surface area contributed by atoms with Crippen LogP contribution >= 0.6 is 0 Å². The molecule has 0 aromatic carbocycles. The van der Waals surface area contributed by atoms with Gasteiger partial charge in [-0.15, -0.1) is 0 Å². The Labute approximate surface area is 106 Å². The van der Waals surface area contributed by atoms with E-state index in [9.17, 15) is 13.9 Å². The molecule has 0 unspecified atom stereocenters. The van der Waals surface area contributed by atoms with Crippen molar-refractivity contribution in [1.29, 1.82) is 10.7 Å². The third-order valence-corrected chi connectivity index (χ3v) is 2.34. The van der Waals surface area contributed by atoms with Crippen molar-refractivity contribution in [1.82, 2.24) is 9.97 Å². The van der Waals surface area contributed by atoms with Crippen LogP contribution in [0.1, 0.15) is 5.56 Å². The van der Waals surface area contributed by atoms with E-state index in [1.54, 1.807) is 6.07 Å². The number of pyridine rings is 2. The van der Waals surface area contributed by atoms with Gasteiger partial charge in [-0.2, -0.15) is 19.0 Å². The first-order valence-corrected chi connectivity index (χ1v) is 5.03. The minimum absolute atomic E-state index is 0.0323. The highest BCUT2D eigenvalue weighted by Crippen LogP contribution is 2.30. The van der Waals surface area contributed by atoms with Gasteiger partial charge < -0.3 is 5.11 Å². The predicted molar refractivity (Wildman–Crippen MR) is 61.5 cm³/mol. The van der Waals surface area contributed by atoms with Gasteiger partial charge in [-0.25, -0.2) is 0 Å². The minimum Gasteiger partial charge on any atom is -0.505 e. The summed E-state index contributed by atoms with van der Waals surface area (Å²) in [5.41, 5.74) is -0.700. The highest BCUT2D eigenvalue weighted by molar-refractivity contribution is 6.11. The number of aromatic nitrogens is 2. The largest absolute Gasteiger partial charge is 0.505 e. The Hall–Kier alpha value is -2.88. The molecule has 2 heterocycles. The van der Waals surface area contributed by atoms with Crippen LogP contribution in [0.4, 0.5) is 8.78 Å². The molecule has 0 radical (unpaired) electrons. The average Bonchev–Trinajstić information content (AvgIpc) is 2.37. The standard InChI is InChI=1S/C12H6F2N4O/c13-9-3-6(4-10(14)18-9)11-12(19)7(1-2-17-11)8(16)5-15/h1-4,16,19H. The summed E-state index contributed by atoms with van der Waals surface area (Å²) in [6.45, 7) is 0. The Morgan fingerprint density at radius 1 is 1.32 bits per heavy atom. The van der Waals surface area contributed by atoms with E-state index in [1.165, 1.54) is 12.3 Å². The quantitative estimate of drug-likeness (QED) is 0.638. The summed E-state index contributed by atoms with van der Waals surface area (Å²) in [5, 5.41) is 25.9. The fourth-order valence-corrected chi connectivity index (χ4v) is 1.53. The van der Waals surface area contributed by atoms with Crippen molar-refractivity contribution >= 4 is 5.71 Å². The van der Waals surface area contributed by atoms with Crippen molar-refractivity contribution in [3.63, 3.8) is 0 Å². The first kappa shape index (κ1) is 12.6. The SMILES string of the molecule is N#CC(=N)c1ccnc(-c2cc(F)nc(F)c2)c1O. The summed E-state index contributed by atoms with van der Waals surface area (Å²) in [6, 6.07) is 4.61. The molecule has 2 rings (SSSR count). The molecule has 19 heavy (non-hydrogen) atoms. The predicted octanol–water partition coefficient (Wildman–Crippen LogP) is 2.02. The lowest BCUT2D eigenvalue weighted by molar-refractivity contribution is 0.473. The van der Waals surface area contributed by atoms with Gasteiger partial charge in [-0.3, -0.25) is 10.4 Å². The van der Waals surface area contributed by atoms with E-state index in [0.717, 1.165) is 12.1 Å². The van der Waals surface area contributed by atoms with Crippen molar-refractivity contribution < 1.29 is 13.9 Å². The van der Waals surface area contributed by atoms with Gasteiger partial charge in [0.1, 0.15) is 17.5 Å². The van der Waals surface area contributed by atoms with Gasteiger partial charge in [0.2, 0.25) is 11.9 Å². The Morgan fingerprint density at radius 2 is 1.95 bits per heavy atom. The van der Waals surface area contributed by atoms with Gasteiger partial charge in [-0.05, 0) is 6.07 Å². The second kappa shape index (κ2) is 4.78. The van der Waals surface area contributed by atoms with Crippen molar-refractivity contribution in [2.24, 2.45) is 0 Å². The number of nitriles is 1. The highest BCUT2D eigenvalue weighted by atomic mass is 19.1. The number of nitrogens with zero attached hydrogens (tertiary/aromatic N) is 3. The molecule has 0 atom stereocenters. The van der Waals surface area contributed by atoms with Crippen LogP contribution in [0, 0.1) is 28.6 Å².